The van der Waals surface area contributed by atoms with E-state index in [9.17, 15) is 19.2 Å². The number of carbonyl (C=O) groups excluding carboxylic acids is 4. The molecule has 260 valence electrons. The second kappa shape index (κ2) is 18.0. The van der Waals surface area contributed by atoms with Gasteiger partial charge in [-0.3, -0.25) is 9.59 Å². The molecule has 2 heterocycles. The van der Waals surface area contributed by atoms with Crippen LogP contribution in [0.3, 0.4) is 0 Å². The number of benzene rings is 4. The van der Waals surface area contributed by atoms with Crippen molar-refractivity contribution in [2.45, 2.75) is 25.7 Å². The van der Waals surface area contributed by atoms with E-state index in [-0.39, 0.29) is 54.3 Å². The minimum atomic E-state index is -0.995. The van der Waals surface area contributed by atoms with Crippen LogP contribution in [0.1, 0.15) is 22.5 Å². The van der Waals surface area contributed by atoms with E-state index >= 15 is 0 Å². The maximum Gasteiger partial charge on any atom is 2.00 e. The summed E-state index contributed by atoms with van der Waals surface area (Å²) in [5.74, 6) is 0. The molecule has 2 unspecified atom stereocenters. The fourth-order valence-electron chi connectivity index (χ4n) is 6.26. The van der Waals surface area contributed by atoms with E-state index in [0.717, 1.165) is 73.8 Å². The van der Waals surface area contributed by atoms with Gasteiger partial charge in [-0.1, -0.05) is 36.4 Å². The number of hydrogen-bond acceptors (Lipinski definition) is 8. The molecule has 0 saturated heterocycles. The van der Waals surface area contributed by atoms with E-state index < -0.39 is 12.2 Å². The molecule has 0 fully saturated rings. The van der Waals surface area contributed by atoms with Crippen molar-refractivity contribution in [2.24, 2.45) is 0 Å². The van der Waals surface area contributed by atoms with Crippen LogP contribution in [0.4, 0.5) is 9.59 Å². The molecule has 2 aliphatic rings. The van der Waals surface area contributed by atoms with E-state index in [1.807, 2.05) is 12.1 Å². The zero-order valence-corrected chi connectivity index (χ0v) is 32.6. The number of imidazole rings is 2. The van der Waals surface area contributed by atoms with Gasteiger partial charge in [-0.2, -0.15) is 17.2 Å². The zero-order valence-electron chi connectivity index (χ0n) is 27.8. The number of ether oxygens (including phenoxy) is 2. The minimum absolute atomic E-state index is 0. The third-order valence-corrected chi connectivity index (χ3v) is 9.68. The zero-order chi connectivity index (χ0) is 35.4. The molecular formula is C36H30N6O6P2V2. The first kappa shape index (κ1) is 40.5. The van der Waals surface area contributed by atoms with E-state index in [4.69, 9.17) is 21.4 Å². The number of methoxy groups -OCH3 is 2. The number of carbonyl (C=O) groups is 2. The van der Waals surface area contributed by atoms with Crippen molar-refractivity contribution >= 4 is 74.1 Å². The van der Waals surface area contributed by atoms with Gasteiger partial charge in [0.15, 0.2) is 0 Å². The van der Waals surface area contributed by atoms with Crippen LogP contribution in [0.25, 0.3) is 66.7 Å². The Kier molecular flexibility index (Phi) is 14.0. The molecule has 6 aromatic rings. The van der Waals surface area contributed by atoms with Gasteiger partial charge in [-0.25, -0.2) is 22.0 Å². The second-order valence-electron chi connectivity index (χ2n) is 11.4. The molecule has 0 bridgehead atoms. The Morgan fingerprint density at radius 3 is 1.37 bits per heavy atom. The molecule has 8 rings (SSSR count). The first-order chi connectivity index (χ1) is 24.2. The summed E-state index contributed by atoms with van der Waals surface area (Å²) in [6, 6.07) is 26.4. The van der Waals surface area contributed by atoms with Crippen molar-refractivity contribution < 1.29 is 65.8 Å². The molecule has 2 radical (unpaired) electrons. The summed E-state index contributed by atoms with van der Waals surface area (Å²) < 4.78 is 7.56. The molecule has 0 spiro atoms. The van der Waals surface area contributed by atoms with Crippen LogP contribution in [-0.2, 0) is 81.9 Å². The van der Waals surface area contributed by atoms with Gasteiger partial charge in [0, 0.05) is 22.5 Å². The van der Waals surface area contributed by atoms with Gasteiger partial charge in [0.25, 0.3) is 0 Å². The fourth-order valence-corrected chi connectivity index (χ4v) is 7.22. The van der Waals surface area contributed by atoms with Gasteiger partial charge in [0.1, 0.15) is 0 Å². The monoisotopic (exact) mass is 806 g/mol. The molecule has 2 atom stereocenters. The topological polar surface area (TPSA) is 192 Å². The van der Waals surface area contributed by atoms with Crippen LogP contribution in [0.5, 0.6) is 0 Å². The van der Waals surface area contributed by atoms with Crippen LogP contribution in [-0.4, -0.2) is 58.4 Å². The Balaban J connectivity index is 0.000000450. The number of fused-ring (bicyclic) bond motifs is 8. The smallest absolute Gasteiger partial charge is 0.632 e. The van der Waals surface area contributed by atoms with E-state index in [2.05, 4.69) is 80.1 Å². The largest absolute Gasteiger partial charge is 2.00 e. The fraction of sp³-hybridized carbons (Fsp3) is 0.167. The minimum Gasteiger partial charge on any atom is -0.632 e. The van der Waals surface area contributed by atoms with Crippen LogP contribution in [0, 0.1) is 0 Å². The van der Waals surface area contributed by atoms with Crippen molar-refractivity contribution in [2.75, 3.05) is 14.2 Å². The Morgan fingerprint density at radius 1 is 0.635 bits per heavy atom. The van der Waals surface area contributed by atoms with Crippen molar-refractivity contribution in [1.29, 1.82) is 0 Å². The third-order valence-electron chi connectivity index (χ3n) is 8.52. The van der Waals surface area contributed by atoms with Crippen molar-refractivity contribution in [1.82, 2.24) is 19.9 Å². The van der Waals surface area contributed by atoms with E-state index in [1.54, 1.807) is 0 Å². The molecule has 52 heavy (non-hydrogen) atoms. The maximum absolute atomic E-state index is 10.9. The van der Waals surface area contributed by atoms with Gasteiger partial charge in [0.2, 0.25) is 12.2 Å². The van der Waals surface area contributed by atoms with Gasteiger partial charge in [-0.15, -0.1) is 0 Å². The summed E-state index contributed by atoms with van der Waals surface area (Å²) in [6.07, 6.45) is 1.71. The van der Waals surface area contributed by atoms with Crippen LogP contribution in [0.15, 0.2) is 60.7 Å². The SMILES string of the molecule is COC([NH-])=O.COC([NH-])=O.O=[C-]Pc1nc2c([nH]1)CCc1cc3cc(-c4ccc5cc6c(cc5c4)CCc4[nH]c(P[C-]=O)nc4-6)ccc3cc1-2.[V+2].[V+2]. The second-order valence-corrected chi connectivity index (χ2v) is 13.3. The third kappa shape index (κ3) is 8.84. The van der Waals surface area contributed by atoms with E-state index in [0.29, 0.717) is 11.1 Å². The van der Waals surface area contributed by atoms with E-state index in [1.165, 1.54) is 43.8 Å². The number of H-pyrrole nitrogens is 2. The Bertz CT molecular complexity index is 2130. The number of rotatable bonds is 5. The van der Waals surface area contributed by atoms with Gasteiger partial charge >= 0.3 is 37.1 Å². The molecule has 16 heteroatoms. The van der Waals surface area contributed by atoms with Gasteiger partial charge in [0.05, 0.1) is 36.7 Å². The average molecular weight is 807 g/mol. The molecule has 2 amide bonds. The molecule has 0 saturated carbocycles. The molecule has 2 aromatic heterocycles. The summed E-state index contributed by atoms with van der Waals surface area (Å²) >= 11 is 0. The predicted octanol–water partition coefficient (Wildman–Crippen LogP) is 6.98. The number of aromatic nitrogens is 4. The molecule has 4 N–H and O–H groups in total. The summed E-state index contributed by atoms with van der Waals surface area (Å²) in [5.41, 5.74) is 24.8. The first-order valence-corrected chi connectivity index (χ1v) is 17.4. The maximum atomic E-state index is 10.9. The number of nitrogens with zero attached hydrogens (tertiary/aromatic N) is 2. The molecule has 4 aromatic carbocycles. The molecular weight excluding hydrogens is 776 g/mol. The number of aryl methyl sites for hydroxylation is 4. The van der Waals surface area contributed by atoms with Crippen LogP contribution < -0.4 is 11.1 Å². The van der Waals surface area contributed by atoms with Gasteiger partial charge in [-0.05, 0) is 93.7 Å². The molecule has 0 aliphatic heterocycles. The summed E-state index contributed by atoms with van der Waals surface area (Å²) in [5, 5.41) is 4.81. The van der Waals surface area contributed by atoms with Crippen molar-refractivity contribution in [3.8, 4) is 33.6 Å². The Hall–Kier alpha value is -4.27. The Morgan fingerprint density at radius 2 is 1.02 bits per heavy atom. The summed E-state index contributed by atoms with van der Waals surface area (Å²) in [6.45, 7) is 0. The molecule has 2 aliphatic carbocycles. The average Bonchev–Trinajstić information content (AvgIpc) is 3.74. The van der Waals surface area contributed by atoms with Crippen molar-refractivity contribution in [3.05, 3.63) is 94.6 Å². The standard InChI is InChI=1S/C32H22N4O2P2.2C2H5NO2.2V/c37-15-39-31-33-27-7-5-21-11-23-9-17(1-3-19(23)13-25(21)29(27)35-31)18-2-4-20-14-26-22(12-24(20)10-18)6-8-28-30(26)36-32(34-28)40-16-38;2*1-5-2(3)4;;/h1-4,9-14,39-40H,5-8H2,(H,33,35)(H,34,36);2*1H3,(H2,3,4);;/q-2;;;2*+2/p-2. The predicted molar refractivity (Wildman–Crippen MR) is 198 cm³/mol. The number of amides is 2. The van der Waals surface area contributed by atoms with Crippen LogP contribution in [0.2, 0.25) is 0 Å². The van der Waals surface area contributed by atoms with Gasteiger partial charge < -0.3 is 40.5 Å². The van der Waals surface area contributed by atoms with Crippen molar-refractivity contribution in [3.63, 3.8) is 0 Å². The number of aromatic amines is 2. The summed E-state index contributed by atoms with van der Waals surface area (Å²) in [7, 11) is 2.20. The molecule has 12 nitrogen and oxygen atoms in total. The number of hydrogen-bond donors (Lipinski definition) is 2. The Labute approximate surface area is 326 Å². The van der Waals surface area contributed by atoms with Crippen LogP contribution >= 0.6 is 17.2 Å². The normalized spacial score (nSPS) is 12.1. The number of nitrogens with one attached hydrogen (secondary N) is 4. The summed E-state index contributed by atoms with van der Waals surface area (Å²) in [4.78, 5) is 56.3. The first-order valence-electron chi connectivity index (χ1n) is 15.4. The quantitative estimate of drug-likeness (QED) is 0.138.